The highest BCUT2D eigenvalue weighted by Crippen LogP contribution is 2.30. The minimum atomic E-state index is -0.528. The second-order valence-corrected chi connectivity index (χ2v) is 7.64. The fourth-order valence-electron chi connectivity index (χ4n) is 3.78. The molecule has 0 aliphatic rings. The molecule has 33 heavy (non-hydrogen) atoms. The van der Waals surface area contributed by atoms with Crippen molar-refractivity contribution in [1.29, 1.82) is 0 Å². The molecule has 5 aromatic rings. The molecule has 5 nitrogen and oxygen atoms in total. The van der Waals surface area contributed by atoms with Crippen LogP contribution in [0.5, 0.6) is 0 Å². The van der Waals surface area contributed by atoms with Crippen LogP contribution in [0.15, 0.2) is 85.3 Å². The Morgan fingerprint density at radius 1 is 0.818 bits per heavy atom. The molecule has 3 aromatic carbocycles. The SMILES string of the molecule is CC(=O)Nc1cc(-c2ccc(F)cc2)cc(-n2cnc3cc(-c4ccc(F)nc4)ccc32)c1. The van der Waals surface area contributed by atoms with Crippen LogP contribution in [-0.2, 0) is 4.79 Å². The van der Waals surface area contributed by atoms with Gasteiger partial charge in [0, 0.05) is 30.1 Å². The Balaban J connectivity index is 1.60. The van der Waals surface area contributed by atoms with E-state index in [1.807, 2.05) is 41.0 Å². The molecule has 1 amide bonds. The van der Waals surface area contributed by atoms with E-state index in [9.17, 15) is 13.6 Å². The molecule has 2 aromatic heterocycles. The third-order valence-corrected chi connectivity index (χ3v) is 5.30. The van der Waals surface area contributed by atoms with Gasteiger partial charge in [-0.3, -0.25) is 9.36 Å². The molecule has 1 N–H and O–H groups in total. The van der Waals surface area contributed by atoms with Crippen molar-refractivity contribution in [3.05, 3.63) is 97.1 Å². The second-order valence-electron chi connectivity index (χ2n) is 7.64. The molecule has 5 rings (SSSR count). The van der Waals surface area contributed by atoms with Gasteiger partial charge in [-0.25, -0.2) is 14.4 Å². The van der Waals surface area contributed by atoms with E-state index >= 15 is 0 Å². The van der Waals surface area contributed by atoms with Crippen LogP contribution in [0.2, 0.25) is 0 Å². The molecule has 2 heterocycles. The van der Waals surface area contributed by atoms with Gasteiger partial charge in [-0.15, -0.1) is 0 Å². The van der Waals surface area contributed by atoms with Gasteiger partial charge in [0.25, 0.3) is 0 Å². The summed E-state index contributed by atoms with van der Waals surface area (Å²) in [5.74, 6) is -1.03. The van der Waals surface area contributed by atoms with Crippen molar-refractivity contribution in [2.75, 3.05) is 5.32 Å². The second kappa shape index (κ2) is 8.27. The smallest absolute Gasteiger partial charge is 0.221 e. The van der Waals surface area contributed by atoms with Crippen LogP contribution in [0.1, 0.15) is 6.92 Å². The Morgan fingerprint density at radius 2 is 1.58 bits per heavy atom. The van der Waals surface area contributed by atoms with Crippen LogP contribution in [0.4, 0.5) is 14.5 Å². The molecule has 0 saturated heterocycles. The molecule has 0 fully saturated rings. The molecule has 0 unspecified atom stereocenters. The summed E-state index contributed by atoms with van der Waals surface area (Å²) in [7, 11) is 0. The van der Waals surface area contributed by atoms with E-state index in [1.54, 1.807) is 24.5 Å². The van der Waals surface area contributed by atoms with Gasteiger partial charge in [-0.2, -0.15) is 4.39 Å². The van der Waals surface area contributed by atoms with Gasteiger partial charge < -0.3 is 5.32 Å². The summed E-state index contributed by atoms with van der Waals surface area (Å²) in [6.45, 7) is 1.45. The summed E-state index contributed by atoms with van der Waals surface area (Å²) in [4.78, 5) is 20.0. The summed E-state index contributed by atoms with van der Waals surface area (Å²) in [5.41, 5.74) is 6.34. The summed E-state index contributed by atoms with van der Waals surface area (Å²) in [6.07, 6.45) is 3.19. The zero-order valence-corrected chi connectivity index (χ0v) is 17.6. The fourth-order valence-corrected chi connectivity index (χ4v) is 3.78. The van der Waals surface area contributed by atoms with Crippen molar-refractivity contribution >= 4 is 22.6 Å². The number of fused-ring (bicyclic) bond motifs is 1. The average molecular weight is 440 g/mol. The van der Waals surface area contributed by atoms with Crippen molar-refractivity contribution in [3.8, 4) is 27.9 Å². The quantitative estimate of drug-likeness (QED) is 0.349. The van der Waals surface area contributed by atoms with Gasteiger partial charge >= 0.3 is 0 Å². The van der Waals surface area contributed by atoms with E-state index in [-0.39, 0.29) is 11.7 Å². The normalized spacial score (nSPS) is 11.0. The Morgan fingerprint density at radius 3 is 2.30 bits per heavy atom. The summed E-state index contributed by atoms with van der Waals surface area (Å²) in [6, 6.07) is 20.6. The zero-order chi connectivity index (χ0) is 22.9. The third kappa shape index (κ3) is 4.21. The van der Waals surface area contributed by atoms with Crippen LogP contribution in [0.25, 0.3) is 39.0 Å². The number of nitrogens with zero attached hydrogens (tertiary/aromatic N) is 3. The van der Waals surface area contributed by atoms with E-state index in [2.05, 4.69) is 15.3 Å². The Hall–Kier alpha value is -4.39. The molecule has 0 radical (unpaired) electrons. The maximum absolute atomic E-state index is 13.4. The number of imidazole rings is 1. The Bertz CT molecular complexity index is 1480. The number of carbonyl (C=O) groups excluding carboxylic acids is 1. The molecule has 7 heteroatoms. The molecule has 0 aliphatic heterocycles. The molecule has 0 spiro atoms. The first-order chi connectivity index (χ1) is 16.0. The highest BCUT2D eigenvalue weighted by atomic mass is 19.1. The minimum absolute atomic E-state index is 0.190. The minimum Gasteiger partial charge on any atom is -0.326 e. The van der Waals surface area contributed by atoms with E-state index in [1.165, 1.54) is 31.3 Å². The van der Waals surface area contributed by atoms with E-state index < -0.39 is 5.95 Å². The number of anilines is 1. The molecule has 0 saturated carbocycles. The van der Waals surface area contributed by atoms with Crippen LogP contribution >= 0.6 is 0 Å². The number of aromatic nitrogens is 3. The Kier molecular flexibility index (Phi) is 5.14. The highest BCUT2D eigenvalue weighted by Gasteiger charge is 2.11. The molecular weight excluding hydrogens is 422 g/mol. The lowest BCUT2D eigenvalue weighted by atomic mass is 10.0. The summed E-state index contributed by atoms with van der Waals surface area (Å²) in [5, 5.41) is 2.83. The first kappa shape index (κ1) is 20.5. The molecule has 0 bridgehead atoms. The number of carbonyl (C=O) groups is 1. The van der Waals surface area contributed by atoms with Gasteiger partial charge in [0.05, 0.1) is 11.0 Å². The Labute approximate surface area is 188 Å². The van der Waals surface area contributed by atoms with Crippen LogP contribution in [0.3, 0.4) is 0 Å². The highest BCUT2D eigenvalue weighted by molar-refractivity contribution is 5.91. The number of nitrogens with one attached hydrogen (secondary N) is 1. The molecule has 0 atom stereocenters. The van der Waals surface area contributed by atoms with Crippen molar-refractivity contribution < 1.29 is 13.6 Å². The monoisotopic (exact) mass is 440 g/mol. The van der Waals surface area contributed by atoms with Crippen molar-refractivity contribution in [2.45, 2.75) is 6.92 Å². The molecule has 162 valence electrons. The van der Waals surface area contributed by atoms with Gasteiger partial charge in [0.15, 0.2) is 0 Å². The van der Waals surface area contributed by atoms with E-state index in [0.29, 0.717) is 5.69 Å². The lowest BCUT2D eigenvalue weighted by Gasteiger charge is -2.12. The van der Waals surface area contributed by atoms with Crippen molar-refractivity contribution in [2.24, 2.45) is 0 Å². The van der Waals surface area contributed by atoms with Crippen LogP contribution < -0.4 is 5.32 Å². The number of rotatable bonds is 4. The number of benzene rings is 3. The maximum atomic E-state index is 13.4. The van der Waals surface area contributed by atoms with E-state index in [4.69, 9.17) is 0 Å². The predicted molar refractivity (Wildman–Crippen MR) is 124 cm³/mol. The lowest BCUT2D eigenvalue weighted by Crippen LogP contribution is -2.06. The number of halogens is 2. The molecular formula is C26H18F2N4O. The van der Waals surface area contributed by atoms with Gasteiger partial charge in [0.1, 0.15) is 12.1 Å². The van der Waals surface area contributed by atoms with Gasteiger partial charge in [-0.05, 0) is 71.3 Å². The fraction of sp³-hybridized carbons (Fsp3) is 0.0385. The predicted octanol–water partition coefficient (Wildman–Crippen LogP) is 5.99. The number of hydrogen-bond donors (Lipinski definition) is 1. The number of pyridine rings is 1. The first-order valence-corrected chi connectivity index (χ1v) is 10.2. The van der Waals surface area contributed by atoms with Crippen molar-refractivity contribution in [1.82, 2.24) is 14.5 Å². The summed E-state index contributed by atoms with van der Waals surface area (Å²) < 4.78 is 28.5. The first-order valence-electron chi connectivity index (χ1n) is 10.2. The zero-order valence-electron chi connectivity index (χ0n) is 17.6. The third-order valence-electron chi connectivity index (χ3n) is 5.30. The van der Waals surface area contributed by atoms with E-state index in [0.717, 1.165) is 39.0 Å². The molecule has 0 aliphatic carbocycles. The number of hydrogen-bond acceptors (Lipinski definition) is 3. The standard InChI is InChI=1S/C26H18F2N4O/c1-16(33)31-22-10-20(17-2-6-21(27)7-3-17)11-23(13-22)32-15-30-24-12-18(4-8-25(24)32)19-5-9-26(28)29-14-19/h2-15H,1H3,(H,31,33). The maximum Gasteiger partial charge on any atom is 0.221 e. The average Bonchev–Trinajstić information content (AvgIpc) is 3.23. The largest absolute Gasteiger partial charge is 0.326 e. The lowest BCUT2D eigenvalue weighted by molar-refractivity contribution is -0.114. The topological polar surface area (TPSA) is 59.8 Å². The van der Waals surface area contributed by atoms with Crippen LogP contribution in [0, 0.1) is 11.8 Å². The van der Waals surface area contributed by atoms with Gasteiger partial charge in [-0.1, -0.05) is 18.2 Å². The van der Waals surface area contributed by atoms with Gasteiger partial charge in [0.2, 0.25) is 11.9 Å². The van der Waals surface area contributed by atoms with Crippen molar-refractivity contribution in [3.63, 3.8) is 0 Å². The van der Waals surface area contributed by atoms with Crippen LogP contribution in [-0.4, -0.2) is 20.4 Å². The number of amides is 1. The summed E-state index contributed by atoms with van der Waals surface area (Å²) >= 11 is 0.